The Morgan fingerprint density at radius 2 is 2.00 bits per heavy atom. The first kappa shape index (κ1) is 13.4. The Labute approximate surface area is 95.7 Å². The first-order chi connectivity index (χ1) is 7.44. The Hall–Kier alpha value is -0.620. The summed E-state index contributed by atoms with van der Waals surface area (Å²) >= 11 is 0. The van der Waals surface area contributed by atoms with E-state index in [0.717, 1.165) is 0 Å². The minimum absolute atomic E-state index is 0.0445. The van der Waals surface area contributed by atoms with E-state index in [4.69, 9.17) is 0 Å². The molecule has 0 spiro atoms. The average molecular weight is 250 g/mol. The van der Waals surface area contributed by atoms with Crippen molar-refractivity contribution in [2.75, 3.05) is 18.6 Å². The van der Waals surface area contributed by atoms with E-state index in [1.54, 1.807) is 0 Å². The highest BCUT2D eigenvalue weighted by Gasteiger charge is 2.28. The van der Waals surface area contributed by atoms with E-state index in [2.05, 4.69) is 4.74 Å². The number of aliphatic hydroxyl groups is 1. The van der Waals surface area contributed by atoms with E-state index in [9.17, 15) is 18.3 Å². The van der Waals surface area contributed by atoms with Gasteiger partial charge in [-0.1, -0.05) is 0 Å². The highest BCUT2D eigenvalue weighted by molar-refractivity contribution is 7.91. The van der Waals surface area contributed by atoms with Crippen molar-refractivity contribution in [3.05, 3.63) is 0 Å². The molecule has 0 amide bonds. The summed E-state index contributed by atoms with van der Waals surface area (Å²) in [5.74, 6) is -0.283. The summed E-state index contributed by atoms with van der Waals surface area (Å²) in [6.07, 6.45) is 0.804. The zero-order chi connectivity index (χ0) is 12.2. The number of esters is 1. The molecule has 2 unspecified atom stereocenters. The van der Waals surface area contributed by atoms with Gasteiger partial charge < -0.3 is 9.84 Å². The molecule has 6 heteroatoms. The van der Waals surface area contributed by atoms with Gasteiger partial charge in [0.1, 0.15) is 9.84 Å². The zero-order valence-electron chi connectivity index (χ0n) is 9.39. The molecular formula is C10H18O5S. The van der Waals surface area contributed by atoms with Crippen LogP contribution in [0.2, 0.25) is 0 Å². The fourth-order valence-corrected chi connectivity index (χ4v) is 3.37. The predicted octanol–water partition coefficient (Wildman–Crippen LogP) is 0.125. The van der Waals surface area contributed by atoms with E-state index in [0.29, 0.717) is 12.8 Å². The van der Waals surface area contributed by atoms with Crippen LogP contribution in [0.4, 0.5) is 0 Å². The zero-order valence-corrected chi connectivity index (χ0v) is 10.2. The first-order valence-electron chi connectivity index (χ1n) is 5.40. The van der Waals surface area contributed by atoms with Crippen molar-refractivity contribution < 1.29 is 23.1 Å². The minimum atomic E-state index is -3.01. The minimum Gasteiger partial charge on any atom is -0.469 e. The number of rotatable bonds is 3. The van der Waals surface area contributed by atoms with Crippen LogP contribution in [0.1, 0.15) is 25.7 Å². The number of carbonyl (C=O) groups is 1. The van der Waals surface area contributed by atoms with E-state index < -0.39 is 15.9 Å². The molecule has 1 aliphatic rings. The van der Waals surface area contributed by atoms with E-state index >= 15 is 0 Å². The van der Waals surface area contributed by atoms with Gasteiger partial charge in [-0.25, -0.2) is 8.42 Å². The number of aliphatic hydroxyl groups excluding tert-OH is 1. The van der Waals surface area contributed by atoms with Crippen LogP contribution in [0, 0.1) is 5.92 Å². The van der Waals surface area contributed by atoms with Gasteiger partial charge in [0.25, 0.3) is 0 Å². The maximum atomic E-state index is 11.4. The maximum absolute atomic E-state index is 11.4. The van der Waals surface area contributed by atoms with Crippen LogP contribution in [0.25, 0.3) is 0 Å². The van der Waals surface area contributed by atoms with Gasteiger partial charge in [-0.15, -0.1) is 0 Å². The topological polar surface area (TPSA) is 80.7 Å². The lowest BCUT2D eigenvalue weighted by atomic mass is 9.93. The summed E-state index contributed by atoms with van der Waals surface area (Å²) in [4.78, 5) is 11.0. The number of carbonyl (C=O) groups excluding carboxylic acids is 1. The van der Waals surface area contributed by atoms with Crippen molar-refractivity contribution >= 4 is 15.8 Å². The van der Waals surface area contributed by atoms with Gasteiger partial charge in [-0.2, -0.15) is 0 Å². The number of hydrogen-bond donors (Lipinski definition) is 1. The number of hydrogen-bond acceptors (Lipinski definition) is 5. The van der Waals surface area contributed by atoms with Gasteiger partial charge >= 0.3 is 5.97 Å². The summed E-state index contributed by atoms with van der Waals surface area (Å²) in [7, 11) is -1.69. The molecule has 0 radical (unpaired) electrons. The molecule has 0 aromatic carbocycles. The standard InChI is InChI=1S/C10H18O5S/c1-15-10(12)3-2-8-4-6-16(13,14)7-5-9(8)11/h8-9,11H,2-7H2,1H3. The fraction of sp³-hybridized carbons (Fsp3) is 0.900. The van der Waals surface area contributed by atoms with E-state index in [1.165, 1.54) is 7.11 Å². The molecule has 1 heterocycles. The fourth-order valence-electron chi connectivity index (χ4n) is 1.90. The van der Waals surface area contributed by atoms with Crippen LogP contribution < -0.4 is 0 Å². The third-order valence-corrected chi connectivity index (χ3v) is 4.73. The summed E-state index contributed by atoms with van der Waals surface area (Å²) < 4.78 is 27.2. The smallest absolute Gasteiger partial charge is 0.305 e. The molecule has 0 aromatic rings. The molecule has 94 valence electrons. The number of sulfone groups is 1. The Morgan fingerprint density at radius 3 is 2.62 bits per heavy atom. The van der Waals surface area contributed by atoms with Crippen molar-refractivity contribution in [3.8, 4) is 0 Å². The Kier molecular flexibility index (Phi) is 4.73. The van der Waals surface area contributed by atoms with Gasteiger partial charge in [-0.05, 0) is 25.2 Å². The number of ether oxygens (including phenoxy) is 1. The summed E-state index contributed by atoms with van der Waals surface area (Å²) in [5.41, 5.74) is 0. The highest BCUT2D eigenvalue weighted by atomic mass is 32.2. The summed E-state index contributed by atoms with van der Waals surface area (Å²) in [5, 5.41) is 9.75. The molecule has 5 nitrogen and oxygen atoms in total. The van der Waals surface area contributed by atoms with Crippen LogP contribution in [0.3, 0.4) is 0 Å². The second-order valence-corrected chi connectivity index (χ2v) is 6.48. The Bertz CT molecular complexity index is 335. The quantitative estimate of drug-likeness (QED) is 0.720. The monoisotopic (exact) mass is 250 g/mol. The van der Waals surface area contributed by atoms with Crippen molar-refractivity contribution in [3.63, 3.8) is 0 Å². The second kappa shape index (κ2) is 5.63. The van der Waals surface area contributed by atoms with Gasteiger partial charge in [0.2, 0.25) is 0 Å². The molecule has 0 saturated carbocycles. The van der Waals surface area contributed by atoms with Crippen molar-refractivity contribution in [1.82, 2.24) is 0 Å². The van der Waals surface area contributed by atoms with Crippen molar-refractivity contribution in [2.24, 2.45) is 5.92 Å². The molecular weight excluding hydrogens is 232 g/mol. The first-order valence-corrected chi connectivity index (χ1v) is 7.22. The molecule has 2 atom stereocenters. The Morgan fingerprint density at radius 1 is 1.38 bits per heavy atom. The van der Waals surface area contributed by atoms with Crippen molar-refractivity contribution in [2.45, 2.75) is 31.8 Å². The summed E-state index contributed by atoms with van der Waals surface area (Å²) in [6, 6.07) is 0. The highest BCUT2D eigenvalue weighted by Crippen LogP contribution is 2.23. The lowest BCUT2D eigenvalue weighted by Gasteiger charge is -2.18. The van der Waals surface area contributed by atoms with Crippen LogP contribution in [-0.4, -0.2) is 44.2 Å². The third-order valence-electron chi connectivity index (χ3n) is 3.02. The maximum Gasteiger partial charge on any atom is 0.305 e. The molecule has 16 heavy (non-hydrogen) atoms. The normalized spacial score (nSPS) is 29.4. The lowest BCUT2D eigenvalue weighted by Crippen LogP contribution is -2.21. The van der Waals surface area contributed by atoms with Crippen molar-refractivity contribution in [1.29, 1.82) is 0 Å². The molecule has 1 aliphatic heterocycles. The molecule has 0 aliphatic carbocycles. The summed E-state index contributed by atoms with van der Waals surface area (Å²) in [6.45, 7) is 0. The SMILES string of the molecule is COC(=O)CCC1CCS(=O)(=O)CCC1O. The predicted molar refractivity (Wildman–Crippen MR) is 58.6 cm³/mol. The molecule has 0 bridgehead atoms. The molecule has 1 N–H and O–H groups in total. The third kappa shape index (κ3) is 4.09. The van der Waals surface area contributed by atoms with Gasteiger partial charge in [-0.3, -0.25) is 4.79 Å². The molecule has 1 rings (SSSR count). The van der Waals surface area contributed by atoms with Crippen LogP contribution in [0.5, 0.6) is 0 Å². The molecule has 0 aromatic heterocycles. The molecule has 1 fully saturated rings. The molecule has 1 saturated heterocycles. The van der Waals surface area contributed by atoms with E-state index in [1.807, 2.05) is 0 Å². The van der Waals surface area contributed by atoms with E-state index in [-0.39, 0.29) is 36.2 Å². The second-order valence-electron chi connectivity index (χ2n) is 4.17. The van der Waals surface area contributed by atoms with Crippen LogP contribution in [0.15, 0.2) is 0 Å². The van der Waals surface area contributed by atoms with Crippen LogP contribution in [-0.2, 0) is 19.4 Å². The largest absolute Gasteiger partial charge is 0.469 e. The van der Waals surface area contributed by atoms with Gasteiger partial charge in [0.15, 0.2) is 0 Å². The van der Waals surface area contributed by atoms with Gasteiger partial charge in [0, 0.05) is 6.42 Å². The lowest BCUT2D eigenvalue weighted by molar-refractivity contribution is -0.141. The van der Waals surface area contributed by atoms with Gasteiger partial charge in [0.05, 0.1) is 24.7 Å². The average Bonchev–Trinajstić information content (AvgIpc) is 2.37. The number of methoxy groups -OCH3 is 1. The van der Waals surface area contributed by atoms with Crippen LogP contribution >= 0.6 is 0 Å². The Balaban J connectivity index is 2.50.